The molecule has 1 aromatic heterocycles. The van der Waals surface area contributed by atoms with E-state index in [1.54, 1.807) is 38.3 Å². The number of oxazole rings is 1. The number of methoxy groups -OCH3 is 1. The van der Waals surface area contributed by atoms with Crippen LogP contribution in [0, 0.1) is 13.8 Å². The van der Waals surface area contributed by atoms with Crippen molar-refractivity contribution in [1.82, 2.24) is 9.71 Å². The Kier molecular flexibility index (Phi) is 5.11. The van der Waals surface area contributed by atoms with Crippen molar-refractivity contribution in [3.8, 4) is 17.2 Å². The van der Waals surface area contributed by atoms with E-state index in [-0.39, 0.29) is 11.4 Å². The molecule has 0 radical (unpaired) electrons. The van der Waals surface area contributed by atoms with Gasteiger partial charge in [0.25, 0.3) is 0 Å². The molecule has 0 aliphatic rings. The lowest BCUT2D eigenvalue weighted by Crippen LogP contribution is -2.23. The highest BCUT2D eigenvalue weighted by molar-refractivity contribution is 7.89. The van der Waals surface area contributed by atoms with Crippen LogP contribution in [0.1, 0.15) is 17.0 Å². The largest absolute Gasteiger partial charge is 0.497 e. The molecule has 6 nitrogen and oxygen atoms in total. The number of nitrogens with zero attached hydrogens (tertiary/aromatic N) is 1. The normalized spacial score (nSPS) is 11.5. The van der Waals surface area contributed by atoms with Crippen molar-refractivity contribution >= 4 is 10.0 Å². The van der Waals surface area contributed by atoms with Gasteiger partial charge in [0, 0.05) is 5.56 Å². The van der Waals surface area contributed by atoms with Crippen LogP contribution in [0.15, 0.2) is 57.8 Å². The van der Waals surface area contributed by atoms with Crippen molar-refractivity contribution in [2.45, 2.75) is 25.3 Å². The second-order valence-electron chi connectivity index (χ2n) is 5.89. The molecule has 0 aliphatic carbocycles. The standard InChI is InChI=1S/C19H20N2O4S/c1-13-4-10-17(11-5-13)26(22,23)20-12-18-14(2)25-19(21-18)15-6-8-16(24-3)9-7-15/h4-11,20H,12H2,1-3H3. The van der Waals surface area contributed by atoms with Gasteiger partial charge in [-0.2, -0.15) is 0 Å². The van der Waals surface area contributed by atoms with Crippen LogP contribution in [0.3, 0.4) is 0 Å². The quantitative estimate of drug-likeness (QED) is 0.717. The fourth-order valence-electron chi connectivity index (χ4n) is 2.41. The van der Waals surface area contributed by atoms with E-state index in [1.807, 2.05) is 31.2 Å². The van der Waals surface area contributed by atoms with Gasteiger partial charge < -0.3 is 9.15 Å². The first-order valence-electron chi connectivity index (χ1n) is 8.06. The summed E-state index contributed by atoms with van der Waals surface area (Å²) < 4.78 is 38.2. The monoisotopic (exact) mass is 372 g/mol. The summed E-state index contributed by atoms with van der Waals surface area (Å²) in [5, 5.41) is 0. The molecule has 3 aromatic rings. The van der Waals surface area contributed by atoms with Gasteiger partial charge in [-0.05, 0) is 50.2 Å². The van der Waals surface area contributed by atoms with Gasteiger partial charge in [-0.3, -0.25) is 0 Å². The van der Waals surface area contributed by atoms with Crippen LogP contribution in [-0.4, -0.2) is 20.5 Å². The Hall–Kier alpha value is -2.64. The molecule has 0 spiro atoms. The molecule has 7 heteroatoms. The Balaban J connectivity index is 1.76. The Bertz CT molecular complexity index is 991. The highest BCUT2D eigenvalue weighted by Crippen LogP contribution is 2.24. The first-order valence-corrected chi connectivity index (χ1v) is 9.54. The lowest BCUT2D eigenvalue weighted by molar-refractivity contribution is 0.415. The summed E-state index contributed by atoms with van der Waals surface area (Å²) in [6, 6.07) is 14.0. The first kappa shape index (κ1) is 18.2. The average Bonchev–Trinajstić information content (AvgIpc) is 3.01. The number of ether oxygens (including phenoxy) is 1. The molecule has 3 rings (SSSR count). The molecule has 0 saturated carbocycles. The van der Waals surface area contributed by atoms with Gasteiger partial charge in [-0.25, -0.2) is 18.1 Å². The van der Waals surface area contributed by atoms with Crippen LogP contribution in [0.25, 0.3) is 11.5 Å². The van der Waals surface area contributed by atoms with Crippen molar-refractivity contribution < 1.29 is 17.6 Å². The second-order valence-corrected chi connectivity index (χ2v) is 7.65. The third-order valence-corrected chi connectivity index (χ3v) is 5.41. The van der Waals surface area contributed by atoms with Gasteiger partial charge in [0.2, 0.25) is 15.9 Å². The molecule has 0 unspecified atom stereocenters. The molecule has 1 heterocycles. The Morgan fingerprint density at radius 3 is 2.31 bits per heavy atom. The maximum Gasteiger partial charge on any atom is 0.240 e. The molecule has 0 aliphatic heterocycles. The molecule has 1 N–H and O–H groups in total. The minimum absolute atomic E-state index is 0.0572. The minimum Gasteiger partial charge on any atom is -0.497 e. The third kappa shape index (κ3) is 3.95. The van der Waals surface area contributed by atoms with Crippen LogP contribution in [0.5, 0.6) is 5.75 Å². The van der Waals surface area contributed by atoms with Crippen LogP contribution >= 0.6 is 0 Å². The zero-order chi connectivity index (χ0) is 18.7. The van der Waals surface area contributed by atoms with Crippen LogP contribution < -0.4 is 9.46 Å². The molecule has 0 bridgehead atoms. The van der Waals surface area contributed by atoms with Gasteiger partial charge in [0.15, 0.2) is 0 Å². The van der Waals surface area contributed by atoms with Crippen LogP contribution in [0.4, 0.5) is 0 Å². The molecule has 0 atom stereocenters. The van der Waals surface area contributed by atoms with E-state index in [0.717, 1.165) is 16.9 Å². The van der Waals surface area contributed by atoms with E-state index in [4.69, 9.17) is 9.15 Å². The van der Waals surface area contributed by atoms with Crippen molar-refractivity contribution in [3.63, 3.8) is 0 Å². The molecule has 0 amide bonds. The highest BCUT2D eigenvalue weighted by atomic mass is 32.2. The summed E-state index contributed by atoms with van der Waals surface area (Å²) in [5.74, 6) is 1.75. The van der Waals surface area contributed by atoms with Gasteiger partial charge >= 0.3 is 0 Å². The minimum atomic E-state index is -3.60. The highest BCUT2D eigenvalue weighted by Gasteiger charge is 2.17. The van der Waals surface area contributed by atoms with E-state index in [0.29, 0.717) is 17.3 Å². The third-order valence-electron chi connectivity index (χ3n) is 3.99. The number of hydrogen-bond donors (Lipinski definition) is 1. The lowest BCUT2D eigenvalue weighted by Gasteiger charge is -2.05. The Morgan fingerprint density at radius 2 is 1.69 bits per heavy atom. The van der Waals surface area contributed by atoms with Crippen molar-refractivity contribution in [3.05, 3.63) is 65.5 Å². The Morgan fingerprint density at radius 1 is 1.04 bits per heavy atom. The molecule has 0 fully saturated rings. The summed E-state index contributed by atoms with van der Waals surface area (Å²) in [4.78, 5) is 4.63. The molecular weight excluding hydrogens is 352 g/mol. The predicted octanol–water partition coefficient (Wildman–Crippen LogP) is 3.45. The number of nitrogens with one attached hydrogen (secondary N) is 1. The van der Waals surface area contributed by atoms with E-state index in [1.165, 1.54) is 0 Å². The number of rotatable bonds is 6. The Labute approximate surface area is 152 Å². The summed E-state index contributed by atoms with van der Waals surface area (Å²) >= 11 is 0. The topological polar surface area (TPSA) is 81.4 Å². The predicted molar refractivity (Wildman–Crippen MR) is 98.4 cm³/mol. The van der Waals surface area contributed by atoms with Gasteiger partial charge in [-0.1, -0.05) is 17.7 Å². The van der Waals surface area contributed by atoms with E-state index < -0.39 is 10.0 Å². The summed E-state index contributed by atoms with van der Waals surface area (Å²) in [6.45, 7) is 3.72. The number of sulfonamides is 1. The van der Waals surface area contributed by atoms with Gasteiger partial charge in [-0.15, -0.1) is 0 Å². The fourth-order valence-corrected chi connectivity index (χ4v) is 3.40. The summed E-state index contributed by atoms with van der Waals surface area (Å²) in [7, 11) is -2.00. The molecule has 26 heavy (non-hydrogen) atoms. The summed E-state index contributed by atoms with van der Waals surface area (Å²) in [5.41, 5.74) is 2.34. The van der Waals surface area contributed by atoms with Crippen molar-refractivity contribution in [2.75, 3.05) is 7.11 Å². The summed E-state index contributed by atoms with van der Waals surface area (Å²) in [6.07, 6.45) is 0. The fraction of sp³-hybridized carbons (Fsp3) is 0.211. The van der Waals surface area contributed by atoms with E-state index in [2.05, 4.69) is 9.71 Å². The maximum absolute atomic E-state index is 12.4. The number of hydrogen-bond acceptors (Lipinski definition) is 5. The maximum atomic E-state index is 12.4. The van der Waals surface area contributed by atoms with Crippen molar-refractivity contribution in [2.24, 2.45) is 0 Å². The first-order chi connectivity index (χ1) is 12.4. The lowest BCUT2D eigenvalue weighted by atomic mass is 10.2. The molecule has 0 saturated heterocycles. The molecule has 2 aromatic carbocycles. The molecule has 136 valence electrons. The van der Waals surface area contributed by atoms with Gasteiger partial charge in [0.1, 0.15) is 11.5 Å². The number of benzene rings is 2. The van der Waals surface area contributed by atoms with Crippen LogP contribution in [0.2, 0.25) is 0 Å². The van der Waals surface area contributed by atoms with Gasteiger partial charge in [0.05, 0.1) is 24.2 Å². The second kappa shape index (κ2) is 7.31. The SMILES string of the molecule is COc1ccc(-c2nc(CNS(=O)(=O)c3ccc(C)cc3)c(C)o2)cc1. The molecular formula is C19H20N2O4S. The zero-order valence-corrected chi connectivity index (χ0v) is 15.6. The van der Waals surface area contributed by atoms with E-state index in [9.17, 15) is 8.42 Å². The number of aromatic nitrogens is 1. The average molecular weight is 372 g/mol. The van der Waals surface area contributed by atoms with Crippen LogP contribution in [-0.2, 0) is 16.6 Å². The van der Waals surface area contributed by atoms with E-state index >= 15 is 0 Å². The van der Waals surface area contributed by atoms with Crippen molar-refractivity contribution in [1.29, 1.82) is 0 Å². The zero-order valence-electron chi connectivity index (χ0n) is 14.8. The smallest absolute Gasteiger partial charge is 0.240 e. The number of aryl methyl sites for hydroxylation is 2.